The minimum Gasteiger partial charge on any atom is -0.457 e. The minimum absolute atomic E-state index is 0.0369. The summed E-state index contributed by atoms with van der Waals surface area (Å²) in [6.45, 7) is 3.12. The number of aromatic amines is 1. The minimum atomic E-state index is -1.44. The number of H-pyrrole nitrogens is 1. The molecule has 13 nitrogen and oxygen atoms in total. The summed E-state index contributed by atoms with van der Waals surface area (Å²) in [7, 11) is 0. The van der Waals surface area contributed by atoms with Crippen LogP contribution in [0.5, 0.6) is 0 Å². The van der Waals surface area contributed by atoms with Gasteiger partial charge < -0.3 is 35.5 Å². The molecule has 0 aliphatic heterocycles. The topological polar surface area (TPSA) is 189 Å². The average Bonchev–Trinajstić information content (AvgIpc) is 3.74. The number of ether oxygens (including phenoxy) is 2. The molecule has 3 amide bonds. The Labute approximate surface area is 326 Å². The molecule has 292 valence electrons. The molecule has 5 aromatic rings. The van der Waals surface area contributed by atoms with Crippen molar-refractivity contribution in [1.82, 2.24) is 25.9 Å². The third kappa shape index (κ3) is 12.4. The van der Waals surface area contributed by atoms with E-state index in [2.05, 4.69) is 20.6 Å². The molecule has 0 fully saturated rings. The summed E-state index contributed by atoms with van der Waals surface area (Å²) in [5.74, 6) is -2.77. The van der Waals surface area contributed by atoms with Crippen LogP contribution >= 0.6 is 0 Å². The van der Waals surface area contributed by atoms with E-state index in [9.17, 15) is 29.1 Å². The first-order valence-electron chi connectivity index (χ1n) is 18.9. The van der Waals surface area contributed by atoms with Crippen LogP contribution in [0.2, 0.25) is 1.41 Å². The Hall–Kier alpha value is -6.34. The number of alkyl carbamates (subject to hydrolysis) is 1. The molecule has 56 heavy (non-hydrogen) atoms. The fraction of sp³-hybridized carbons (Fsp3) is 0.302. The van der Waals surface area contributed by atoms with Crippen LogP contribution in [0.1, 0.15) is 53.9 Å². The number of amides is 3. The van der Waals surface area contributed by atoms with E-state index in [1.165, 1.54) is 12.5 Å². The van der Waals surface area contributed by atoms with E-state index >= 15 is 0 Å². The summed E-state index contributed by atoms with van der Waals surface area (Å²) in [4.78, 5) is 73.8. The number of Topliss-reactive ketones (excluding diaryl/α,β-unsaturated/α-hetero) is 1. The van der Waals surface area contributed by atoms with Gasteiger partial charge in [-0.3, -0.25) is 19.2 Å². The molecule has 0 spiro atoms. The highest BCUT2D eigenvalue weighted by atomic mass is 16.5. The van der Waals surface area contributed by atoms with E-state index in [-0.39, 0.29) is 31.8 Å². The number of rotatable bonds is 19. The van der Waals surface area contributed by atoms with E-state index in [4.69, 9.17) is 10.9 Å². The number of hydrogen-bond donors (Lipinski definition) is 5. The van der Waals surface area contributed by atoms with Crippen molar-refractivity contribution in [3.63, 3.8) is 0 Å². The summed E-state index contributed by atoms with van der Waals surface area (Å²) in [6.07, 6.45) is 0.0399. The Morgan fingerprint density at radius 3 is 2.20 bits per heavy atom. The number of benzene rings is 4. The zero-order valence-electron chi connectivity index (χ0n) is 32.3. The lowest BCUT2D eigenvalue weighted by molar-refractivity contribution is -0.145. The zero-order valence-corrected chi connectivity index (χ0v) is 31.3. The second-order valence-electron chi connectivity index (χ2n) is 13.8. The van der Waals surface area contributed by atoms with Crippen LogP contribution in [0.3, 0.4) is 0 Å². The van der Waals surface area contributed by atoms with Crippen molar-refractivity contribution >= 4 is 40.4 Å². The van der Waals surface area contributed by atoms with Gasteiger partial charge in [0, 0.05) is 30.3 Å². The van der Waals surface area contributed by atoms with Crippen LogP contribution < -0.4 is 15.9 Å². The molecule has 5 N–H and O–H groups in total. The second kappa shape index (κ2) is 20.4. The molecule has 0 unspecified atom stereocenters. The molecule has 5 rings (SSSR count). The number of nitrogens with zero attached hydrogens (tertiary/aromatic N) is 1. The van der Waals surface area contributed by atoms with Crippen LogP contribution in [-0.4, -0.2) is 75.6 Å². The van der Waals surface area contributed by atoms with Gasteiger partial charge in [0.25, 0.3) is 0 Å². The number of aliphatic hydroxyl groups is 1. The molecule has 0 aliphatic carbocycles. The summed E-state index contributed by atoms with van der Waals surface area (Å²) >= 11 is 0. The van der Waals surface area contributed by atoms with E-state index in [0.717, 1.165) is 10.8 Å². The lowest BCUT2D eigenvalue weighted by Crippen LogP contribution is -2.57. The van der Waals surface area contributed by atoms with Crippen LogP contribution in [0, 0.1) is 5.92 Å². The van der Waals surface area contributed by atoms with Gasteiger partial charge in [0.2, 0.25) is 11.8 Å². The summed E-state index contributed by atoms with van der Waals surface area (Å²) in [5, 5.41) is 18.9. The normalized spacial score (nSPS) is 13.5. The van der Waals surface area contributed by atoms with Crippen LogP contribution in [0.4, 0.5) is 4.79 Å². The maximum Gasteiger partial charge on any atom is 0.408 e. The van der Waals surface area contributed by atoms with E-state index in [1.807, 2.05) is 56.3 Å². The van der Waals surface area contributed by atoms with Gasteiger partial charge in [0.1, 0.15) is 18.7 Å². The third-order valence-electron chi connectivity index (χ3n) is 9.03. The molecule has 0 saturated heterocycles. The molecule has 1 aromatic heterocycles. The number of carbonyl (C=O) groups excluding carboxylic acids is 5. The van der Waals surface area contributed by atoms with Gasteiger partial charge in [-0.2, -0.15) is 0 Å². The lowest BCUT2D eigenvalue weighted by Gasteiger charge is -2.28. The SMILES string of the molecule is [2H]N(C(=O)OCc1ccccc1)[C@@H](Cc1cccc2ccccc12)C(=O)N[C@@H](Cc1cnc[nH]1)C(=O)N[C@@H](CC(C)C)[C@@H](O)CC(=O)OCC(=O)c1ccccc1. The molecule has 4 aromatic carbocycles. The average molecular weight is 763 g/mol. The summed E-state index contributed by atoms with van der Waals surface area (Å²) in [5.41, 5.74) is 2.25. The Bertz CT molecular complexity index is 2090. The standard InChI is InChI=1S/C43H47N5O8/c1-28(2)20-35(38(49)23-40(51)55-26-39(50)31-15-7-4-8-16-31)46-42(53)37(22-33-24-44-27-45-33)47-41(52)36(48-43(54)56-25-29-12-5-3-6-13-29)21-32-18-11-17-30-14-9-10-19-34(30)32/h3-19,24,27-28,35-38,49H,20-23,25-26H2,1-2H3,(H,44,45)(H,46,53)(H,47,52)(H,48,54)/t35-,36-,37-,38-/m0/s1/i/hD. The monoisotopic (exact) mass is 762 g/mol. The quantitative estimate of drug-likeness (QED) is 0.0580. The van der Waals surface area contributed by atoms with Crippen molar-refractivity contribution in [2.24, 2.45) is 5.92 Å². The van der Waals surface area contributed by atoms with Crippen molar-refractivity contribution in [3.05, 3.63) is 138 Å². The first kappa shape index (κ1) is 39.4. The van der Waals surface area contributed by atoms with Gasteiger partial charge in [-0.25, -0.2) is 9.78 Å². The number of hydrogen-bond acceptors (Lipinski definition) is 9. The molecule has 0 bridgehead atoms. The van der Waals surface area contributed by atoms with E-state index < -0.39 is 66.9 Å². The molecular formula is C43H47N5O8. The highest BCUT2D eigenvalue weighted by Crippen LogP contribution is 2.20. The molecule has 0 aliphatic rings. The smallest absolute Gasteiger partial charge is 0.408 e. The number of aliphatic hydroxyl groups excluding tert-OH is 1. The Morgan fingerprint density at radius 2 is 1.48 bits per heavy atom. The largest absolute Gasteiger partial charge is 0.457 e. The van der Waals surface area contributed by atoms with Crippen LogP contribution in [0.25, 0.3) is 10.8 Å². The summed E-state index contributed by atoms with van der Waals surface area (Å²) < 4.78 is 19.4. The molecule has 1 heterocycles. The van der Waals surface area contributed by atoms with Gasteiger partial charge in [-0.1, -0.05) is 117 Å². The number of fused-ring (bicyclic) bond motifs is 1. The number of ketones is 1. The molecule has 4 atom stereocenters. The van der Waals surface area contributed by atoms with Crippen molar-refractivity contribution in [1.29, 1.82) is 0 Å². The maximum atomic E-state index is 14.3. The van der Waals surface area contributed by atoms with Crippen LogP contribution in [0.15, 0.2) is 116 Å². The molecule has 13 heteroatoms. The fourth-order valence-electron chi connectivity index (χ4n) is 6.18. The predicted octanol–water partition coefficient (Wildman–Crippen LogP) is 4.84. The zero-order chi connectivity index (χ0) is 40.7. The molecule has 0 radical (unpaired) electrons. The number of imidazole rings is 1. The Morgan fingerprint density at radius 1 is 0.804 bits per heavy atom. The van der Waals surface area contributed by atoms with Gasteiger partial charge in [0.15, 0.2) is 13.8 Å². The first-order chi connectivity index (χ1) is 27.5. The highest BCUT2D eigenvalue weighted by Gasteiger charge is 2.32. The fourth-order valence-corrected chi connectivity index (χ4v) is 6.18. The van der Waals surface area contributed by atoms with Gasteiger partial charge in [0.05, 0.1) is 24.9 Å². The van der Waals surface area contributed by atoms with Crippen LogP contribution in [-0.2, 0) is 43.3 Å². The van der Waals surface area contributed by atoms with Crippen molar-refractivity contribution in [3.8, 4) is 0 Å². The number of carbonyl (C=O) groups is 5. The van der Waals surface area contributed by atoms with Gasteiger partial charge in [-0.15, -0.1) is 0 Å². The van der Waals surface area contributed by atoms with Gasteiger partial charge in [-0.05, 0) is 34.2 Å². The second-order valence-corrected chi connectivity index (χ2v) is 13.8. The number of esters is 1. The molecular weight excluding hydrogens is 715 g/mol. The first-order valence-corrected chi connectivity index (χ1v) is 18.4. The van der Waals surface area contributed by atoms with Crippen molar-refractivity contribution < 1.29 is 40.0 Å². The highest BCUT2D eigenvalue weighted by molar-refractivity contribution is 5.98. The number of nitrogens with one attached hydrogen (secondary N) is 4. The third-order valence-corrected chi connectivity index (χ3v) is 9.03. The van der Waals surface area contributed by atoms with E-state index in [0.29, 0.717) is 27.7 Å². The lowest BCUT2D eigenvalue weighted by atomic mass is 9.96. The maximum absolute atomic E-state index is 14.3. The Kier molecular flexibility index (Phi) is 14.3. The Balaban J connectivity index is 1.34. The predicted molar refractivity (Wildman–Crippen MR) is 209 cm³/mol. The summed E-state index contributed by atoms with van der Waals surface area (Å²) in [6, 6.07) is 26.6. The van der Waals surface area contributed by atoms with E-state index in [1.54, 1.807) is 60.7 Å². The number of aromatic nitrogens is 2. The molecule has 0 saturated carbocycles. The van der Waals surface area contributed by atoms with Gasteiger partial charge >= 0.3 is 12.1 Å². The van der Waals surface area contributed by atoms with Crippen molar-refractivity contribution in [2.75, 3.05) is 6.61 Å². The van der Waals surface area contributed by atoms with Crippen molar-refractivity contribution in [2.45, 2.75) is 70.4 Å².